The van der Waals surface area contributed by atoms with E-state index in [9.17, 15) is 0 Å². The number of ether oxygens (including phenoxy) is 1. The Kier molecular flexibility index (Phi) is 6.74. The minimum absolute atomic E-state index is 0.200. The zero-order valence-corrected chi connectivity index (χ0v) is 15.7. The average Bonchev–Trinajstić information content (AvgIpc) is 3.14. The van der Waals surface area contributed by atoms with Crippen molar-refractivity contribution >= 4 is 5.96 Å². The molecule has 1 heterocycles. The Bertz CT molecular complexity index is 545. The van der Waals surface area contributed by atoms with Crippen molar-refractivity contribution in [1.29, 1.82) is 0 Å². The summed E-state index contributed by atoms with van der Waals surface area (Å²) in [4.78, 5) is 4.45. The van der Waals surface area contributed by atoms with Crippen molar-refractivity contribution in [2.24, 2.45) is 16.8 Å². The predicted octanol–water partition coefficient (Wildman–Crippen LogP) is 3.90. The van der Waals surface area contributed by atoms with Gasteiger partial charge in [-0.25, -0.2) is 0 Å². The SMILES string of the molecule is CCC1CCCC(NC(=NC)NCC2CCOC2c2ccccc2)C1. The largest absolute Gasteiger partial charge is 0.373 e. The number of aliphatic imine (C=N–C) groups is 1. The van der Waals surface area contributed by atoms with E-state index in [2.05, 4.69) is 52.9 Å². The van der Waals surface area contributed by atoms with Gasteiger partial charge in [-0.1, -0.05) is 56.5 Å². The van der Waals surface area contributed by atoms with Crippen LogP contribution in [0, 0.1) is 11.8 Å². The van der Waals surface area contributed by atoms with Crippen LogP contribution in [0.25, 0.3) is 0 Å². The van der Waals surface area contributed by atoms with Gasteiger partial charge in [0.2, 0.25) is 0 Å². The molecule has 4 heteroatoms. The highest BCUT2D eigenvalue weighted by molar-refractivity contribution is 5.80. The van der Waals surface area contributed by atoms with E-state index in [0.29, 0.717) is 12.0 Å². The standard InChI is InChI=1S/C21H33N3O/c1-3-16-8-7-11-19(14-16)24-21(22-2)23-15-18-12-13-25-20(18)17-9-5-4-6-10-17/h4-6,9-10,16,18-20H,3,7-8,11-15H2,1-2H3,(H2,22,23,24). The van der Waals surface area contributed by atoms with Crippen LogP contribution in [0.1, 0.15) is 57.1 Å². The molecule has 3 rings (SSSR count). The second-order valence-corrected chi connectivity index (χ2v) is 7.49. The van der Waals surface area contributed by atoms with Crippen molar-refractivity contribution in [3.05, 3.63) is 35.9 Å². The second-order valence-electron chi connectivity index (χ2n) is 7.49. The summed E-state index contributed by atoms with van der Waals surface area (Å²) in [5.41, 5.74) is 1.29. The van der Waals surface area contributed by atoms with E-state index < -0.39 is 0 Å². The maximum Gasteiger partial charge on any atom is 0.191 e. The monoisotopic (exact) mass is 343 g/mol. The molecule has 2 aliphatic rings. The Hall–Kier alpha value is -1.55. The number of hydrogen-bond acceptors (Lipinski definition) is 2. The fraction of sp³-hybridized carbons (Fsp3) is 0.667. The molecule has 1 aliphatic carbocycles. The first-order chi connectivity index (χ1) is 12.3. The van der Waals surface area contributed by atoms with Crippen LogP contribution in [-0.2, 0) is 4.74 Å². The van der Waals surface area contributed by atoms with Crippen molar-refractivity contribution in [1.82, 2.24) is 10.6 Å². The van der Waals surface area contributed by atoms with Gasteiger partial charge in [0.1, 0.15) is 0 Å². The highest BCUT2D eigenvalue weighted by Crippen LogP contribution is 2.33. The topological polar surface area (TPSA) is 45.7 Å². The van der Waals surface area contributed by atoms with E-state index in [1.807, 2.05) is 7.05 Å². The molecule has 0 radical (unpaired) electrons. The third kappa shape index (κ3) is 4.97. The van der Waals surface area contributed by atoms with E-state index >= 15 is 0 Å². The van der Waals surface area contributed by atoms with Crippen LogP contribution >= 0.6 is 0 Å². The molecule has 2 fully saturated rings. The van der Waals surface area contributed by atoms with Gasteiger partial charge >= 0.3 is 0 Å². The molecule has 0 bridgehead atoms. The lowest BCUT2D eigenvalue weighted by molar-refractivity contribution is 0.0915. The van der Waals surface area contributed by atoms with Crippen LogP contribution in [0.15, 0.2) is 35.3 Å². The summed E-state index contributed by atoms with van der Waals surface area (Å²) in [6.07, 6.45) is 7.85. The van der Waals surface area contributed by atoms with E-state index in [1.165, 1.54) is 37.7 Å². The molecule has 4 unspecified atom stereocenters. The minimum atomic E-state index is 0.200. The zero-order valence-electron chi connectivity index (χ0n) is 15.7. The van der Waals surface area contributed by atoms with Gasteiger partial charge in [0.05, 0.1) is 6.10 Å². The quantitative estimate of drug-likeness (QED) is 0.630. The molecule has 0 spiro atoms. The average molecular weight is 344 g/mol. The molecular weight excluding hydrogens is 310 g/mol. The molecule has 4 atom stereocenters. The van der Waals surface area contributed by atoms with E-state index in [1.54, 1.807) is 0 Å². The lowest BCUT2D eigenvalue weighted by Gasteiger charge is -2.30. The zero-order chi connectivity index (χ0) is 17.5. The van der Waals surface area contributed by atoms with Crippen molar-refractivity contribution < 1.29 is 4.74 Å². The Morgan fingerprint density at radius 3 is 2.80 bits per heavy atom. The number of guanidine groups is 1. The van der Waals surface area contributed by atoms with E-state index in [0.717, 1.165) is 31.4 Å². The first-order valence-corrected chi connectivity index (χ1v) is 9.93. The van der Waals surface area contributed by atoms with E-state index in [-0.39, 0.29) is 6.10 Å². The molecular formula is C21H33N3O. The van der Waals surface area contributed by atoms with Gasteiger partial charge in [-0.15, -0.1) is 0 Å². The molecule has 0 amide bonds. The molecule has 1 saturated carbocycles. The van der Waals surface area contributed by atoms with Crippen molar-refractivity contribution in [3.8, 4) is 0 Å². The Balaban J connectivity index is 1.51. The molecule has 1 aromatic rings. The van der Waals surface area contributed by atoms with Crippen LogP contribution < -0.4 is 10.6 Å². The Morgan fingerprint density at radius 2 is 2.04 bits per heavy atom. The molecule has 2 N–H and O–H groups in total. The number of hydrogen-bond donors (Lipinski definition) is 2. The third-order valence-corrected chi connectivity index (χ3v) is 5.80. The van der Waals surface area contributed by atoms with Crippen LogP contribution in [0.4, 0.5) is 0 Å². The van der Waals surface area contributed by atoms with Gasteiger partial charge in [0, 0.05) is 32.2 Å². The predicted molar refractivity (Wildman–Crippen MR) is 104 cm³/mol. The number of benzene rings is 1. The van der Waals surface area contributed by atoms with Gasteiger partial charge < -0.3 is 15.4 Å². The maximum atomic E-state index is 6.00. The number of nitrogens with one attached hydrogen (secondary N) is 2. The van der Waals surface area contributed by atoms with Crippen LogP contribution in [0.2, 0.25) is 0 Å². The van der Waals surface area contributed by atoms with Crippen LogP contribution in [0.5, 0.6) is 0 Å². The summed E-state index contributed by atoms with van der Waals surface area (Å²) in [7, 11) is 1.87. The summed E-state index contributed by atoms with van der Waals surface area (Å²) < 4.78 is 6.00. The summed E-state index contributed by atoms with van der Waals surface area (Å²) in [5.74, 6) is 2.31. The number of rotatable bonds is 5. The van der Waals surface area contributed by atoms with Gasteiger partial charge in [-0.3, -0.25) is 4.99 Å². The first kappa shape index (κ1) is 18.2. The Labute approximate surface area is 152 Å². The smallest absolute Gasteiger partial charge is 0.191 e. The summed E-state index contributed by atoms with van der Waals surface area (Å²) in [5, 5.41) is 7.20. The summed E-state index contributed by atoms with van der Waals surface area (Å²) >= 11 is 0. The number of nitrogens with zero attached hydrogens (tertiary/aromatic N) is 1. The van der Waals surface area contributed by atoms with Gasteiger partial charge in [0.15, 0.2) is 5.96 Å². The van der Waals surface area contributed by atoms with Gasteiger partial charge in [-0.2, -0.15) is 0 Å². The van der Waals surface area contributed by atoms with Gasteiger partial charge in [-0.05, 0) is 30.7 Å². The Morgan fingerprint density at radius 1 is 1.20 bits per heavy atom. The second kappa shape index (κ2) is 9.23. The van der Waals surface area contributed by atoms with Crippen LogP contribution in [-0.4, -0.2) is 32.2 Å². The lowest BCUT2D eigenvalue weighted by Crippen LogP contribution is -2.46. The normalized spacial score (nSPS) is 30.2. The fourth-order valence-electron chi connectivity index (χ4n) is 4.26. The van der Waals surface area contributed by atoms with Crippen molar-refractivity contribution in [2.45, 2.75) is 57.6 Å². The molecule has 1 aromatic carbocycles. The van der Waals surface area contributed by atoms with Gasteiger partial charge in [0.25, 0.3) is 0 Å². The summed E-state index contributed by atoms with van der Waals surface area (Å²) in [6.45, 7) is 4.06. The molecule has 4 nitrogen and oxygen atoms in total. The van der Waals surface area contributed by atoms with Crippen molar-refractivity contribution in [2.75, 3.05) is 20.2 Å². The van der Waals surface area contributed by atoms with Crippen LogP contribution in [0.3, 0.4) is 0 Å². The third-order valence-electron chi connectivity index (χ3n) is 5.80. The summed E-state index contributed by atoms with van der Waals surface area (Å²) in [6, 6.07) is 11.1. The lowest BCUT2D eigenvalue weighted by atomic mass is 9.84. The van der Waals surface area contributed by atoms with Crippen molar-refractivity contribution in [3.63, 3.8) is 0 Å². The van der Waals surface area contributed by atoms with E-state index in [4.69, 9.17) is 4.74 Å². The fourth-order valence-corrected chi connectivity index (χ4v) is 4.26. The molecule has 1 saturated heterocycles. The maximum absolute atomic E-state index is 6.00. The molecule has 0 aromatic heterocycles. The highest BCUT2D eigenvalue weighted by atomic mass is 16.5. The molecule has 1 aliphatic heterocycles. The highest BCUT2D eigenvalue weighted by Gasteiger charge is 2.30. The first-order valence-electron chi connectivity index (χ1n) is 9.93. The minimum Gasteiger partial charge on any atom is -0.373 e. The molecule has 25 heavy (non-hydrogen) atoms. The molecule has 138 valence electrons.